The van der Waals surface area contributed by atoms with Gasteiger partial charge in [-0.15, -0.1) is 0 Å². The molecule has 15 heteroatoms. The third-order valence-corrected chi connectivity index (χ3v) is 4.66. The lowest BCUT2D eigenvalue weighted by atomic mass is 10.2. The van der Waals surface area contributed by atoms with Gasteiger partial charge in [-0.1, -0.05) is 0 Å². The molecule has 198 valence electrons. The summed E-state index contributed by atoms with van der Waals surface area (Å²) >= 11 is 0. The van der Waals surface area contributed by atoms with Gasteiger partial charge in [0, 0.05) is 45.9 Å². The van der Waals surface area contributed by atoms with Crippen molar-refractivity contribution in [3.63, 3.8) is 0 Å². The summed E-state index contributed by atoms with van der Waals surface area (Å²) in [6, 6.07) is 0.544. The molecule has 9 nitrogen and oxygen atoms in total. The number of ether oxygens (including phenoxy) is 1. The van der Waals surface area contributed by atoms with E-state index in [9.17, 15) is 26.3 Å². The van der Waals surface area contributed by atoms with E-state index in [2.05, 4.69) is 40.2 Å². The number of aryl methyl sites for hydroxylation is 1. The molecule has 0 saturated carbocycles. The van der Waals surface area contributed by atoms with Crippen LogP contribution in [0.2, 0.25) is 0 Å². The second kappa shape index (κ2) is 14.1. The summed E-state index contributed by atoms with van der Waals surface area (Å²) in [7, 11) is 3.93. The Hall–Kier alpha value is -2.39. The summed E-state index contributed by atoms with van der Waals surface area (Å²) in [4.78, 5) is 27.2. The first kappa shape index (κ1) is 31.6. The van der Waals surface area contributed by atoms with Crippen LogP contribution in [-0.2, 0) is 34.0 Å². The first-order valence-electron chi connectivity index (χ1n) is 10.0. The number of alkyl halides is 6. The summed E-state index contributed by atoms with van der Waals surface area (Å²) in [5, 5.41) is 14.2. The second-order valence-electron chi connectivity index (χ2n) is 7.57. The number of halogens is 6. The lowest BCUT2D eigenvalue weighted by Crippen LogP contribution is -2.29. The summed E-state index contributed by atoms with van der Waals surface area (Å²) in [5.41, 5.74) is 2.61. The van der Waals surface area contributed by atoms with Gasteiger partial charge in [0.1, 0.15) is 0 Å². The average Bonchev–Trinajstić information content (AvgIpc) is 2.94. The number of hydrogen-bond acceptors (Lipinski definition) is 6. The highest BCUT2D eigenvalue weighted by molar-refractivity contribution is 5.73. The molecule has 1 aromatic rings. The minimum absolute atomic E-state index is 0.544. The highest BCUT2D eigenvalue weighted by Crippen LogP contribution is 2.18. The zero-order valence-corrected chi connectivity index (χ0v) is 19.3. The molecular formula is C19H30F6N4O5. The predicted molar refractivity (Wildman–Crippen MR) is 108 cm³/mol. The van der Waals surface area contributed by atoms with Crippen molar-refractivity contribution in [3.05, 3.63) is 17.7 Å². The SMILES string of the molecule is COCCN1CCCn2cnc(CN(C)C(C)C)c2C1.O=C(O)C(F)(F)F.O=C(O)C(F)(F)F. The van der Waals surface area contributed by atoms with Gasteiger partial charge >= 0.3 is 24.3 Å². The van der Waals surface area contributed by atoms with E-state index in [-0.39, 0.29) is 0 Å². The van der Waals surface area contributed by atoms with Crippen molar-refractivity contribution in [1.82, 2.24) is 19.4 Å². The van der Waals surface area contributed by atoms with Crippen LogP contribution in [0.25, 0.3) is 0 Å². The monoisotopic (exact) mass is 508 g/mol. The fourth-order valence-electron chi connectivity index (χ4n) is 2.54. The van der Waals surface area contributed by atoms with Gasteiger partial charge < -0.3 is 19.5 Å². The van der Waals surface area contributed by atoms with Gasteiger partial charge in [0.05, 0.1) is 24.3 Å². The number of rotatable bonds is 6. The summed E-state index contributed by atoms with van der Waals surface area (Å²) in [6.45, 7) is 10.4. The third-order valence-electron chi connectivity index (χ3n) is 4.66. The molecule has 0 bridgehead atoms. The molecule has 2 heterocycles. The minimum Gasteiger partial charge on any atom is -0.475 e. The van der Waals surface area contributed by atoms with E-state index in [4.69, 9.17) is 24.5 Å². The molecule has 1 aliphatic rings. The van der Waals surface area contributed by atoms with Gasteiger partial charge in [-0.05, 0) is 27.3 Å². The molecule has 2 N–H and O–H groups in total. The van der Waals surface area contributed by atoms with Crippen LogP contribution in [0.15, 0.2) is 6.33 Å². The number of hydrogen-bond donors (Lipinski definition) is 2. The first-order chi connectivity index (χ1) is 15.5. The first-order valence-corrected chi connectivity index (χ1v) is 10.0. The lowest BCUT2D eigenvalue weighted by Gasteiger charge is -2.22. The van der Waals surface area contributed by atoms with Crippen LogP contribution in [0.4, 0.5) is 26.3 Å². The number of methoxy groups -OCH3 is 1. The Morgan fingerprint density at radius 1 is 1.12 bits per heavy atom. The van der Waals surface area contributed by atoms with Crippen molar-refractivity contribution in [2.24, 2.45) is 0 Å². The Morgan fingerprint density at radius 2 is 1.62 bits per heavy atom. The minimum atomic E-state index is -5.08. The number of carboxylic acids is 2. The predicted octanol–water partition coefficient (Wildman–Crippen LogP) is 2.84. The van der Waals surface area contributed by atoms with Crippen molar-refractivity contribution in [1.29, 1.82) is 0 Å². The van der Waals surface area contributed by atoms with E-state index in [0.717, 1.165) is 39.3 Å². The highest BCUT2D eigenvalue weighted by Gasteiger charge is 2.38. The maximum atomic E-state index is 10.6. The standard InChI is InChI=1S/C15H28N4O.2C2HF3O2/c1-13(2)17(3)10-14-15-11-18(8-9-20-4)6-5-7-19(15)12-16-14;2*3-2(4,5)1(6)7/h12-13H,5-11H2,1-4H3;2*(H,6,7). The number of imidazole rings is 1. The number of aromatic nitrogens is 2. The molecule has 0 atom stereocenters. The van der Waals surface area contributed by atoms with Crippen molar-refractivity contribution in [2.75, 3.05) is 33.9 Å². The third kappa shape index (κ3) is 12.2. The van der Waals surface area contributed by atoms with Crippen LogP contribution in [0, 0.1) is 0 Å². The van der Waals surface area contributed by atoms with Crippen LogP contribution in [0.5, 0.6) is 0 Å². The topological polar surface area (TPSA) is 108 Å². The van der Waals surface area contributed by atoms with E-state index in [1.54, 1.807) is 7.11 Å². The molecule has 0 aliphatic carbocycles. The Labute approximate surface area is 192 Å². The van der Waals surface area contributed by atoms with Gasteiger partial charge in [0.25, 0.3) is 0 Å². The Kier molecular flexibility index (Phi) is 13.1. The maximum Gasteiger partial charge on any atom is 0.490 e. The molecule has 0 spiro atoms. The Balaban J connectivity index is 0.000000642. The smallest absolute Gasteiger partial charge is 0.475 e. The number of carbonyl (C=O) groups is 2. The molecule has 0 saturated heterocycles. The van der Waals surface area contributed by atoms with Gasteiger partial charge in [0.15, 0.2) is 0 Å². The summed E-state index contributed by atoms with van der Waals surface area (Å²) in [6.07, 6.45) is -6.97. The van der Waals surface area contributed by atoms with Crippen LogP contribution >= 0.6 is 0 Å². The van der Waals surface area contributed by atoms with E-state index >= 15 is 0 Å². The number of carboxylic acid groups (broad SMARTS) is 2. The molecule has 0 fully saturated rings. The maximum absolute atomic E-state index is 10.6. The van der Waals surface area contributed by atoms with Gasteiger partial charge in [-0.3, -0.25) is 9.80 Å². The molecular weight excluding hydrogens is 478 g/mol. The molecule has 1 aromatic heterocycles. The number of nitrogens with zero attached hydrogens (tertiary/aromatic N) is 4. The van der Waals surface area contributed by atoms with E-state index in [1.165, 1.54) is 17.8 Å². The van der Waals surface area contributed by atoms with Crippen LogP contribution in [-0.4, -0.2) is 93.8 Å². The lowest BCUT2D eigenvalue weighted by molar-refractivity contribution is -0.193. The molecule has 0 aromatic carbocycles. The summed E-state index contributed by atoms with van der Waals surface area (Å²) < 4.78 is 71.0. The normalized spacial score (nSPS) is 14.5. The fourth-order valence-corrected chi connectivity index (χ4v) is 2.54. The largest absolute Gasteiger partial charge is 0.490 e. The quantitative estimate of drug-likeness (QED) is 0.565. The molecule has 0 unspecified atom stereocenters. The van der Waals surface area contributed by atoms with Gasteiger partial charge in [-0.25, -0.2) is 14.6 Å². The molecule has 34 heavy (non-hydrogen) atoms. The fraction of sp³-hybridized carbons (Fsp3) is 0.737. The van der Waals surface area contributed by atoms with Crippen molar-refractivity contribution in [2.45, 2.75) is 58.3 Å². The second-order valence-corrected chi connectivity index (χ2v) is 7.57. The number of fused-ring (bicyclic) bond motifs is 1. The Bertz CT molecular complexity index is 743. The van der Waals surface area contributed by atoms with Crippen LogP contribution in [0.1, 0.15) is 31.7 Å². The van der Waals surface area contributed by atoms with E-state index in [0.29, 0.717) is 6.04 Å². The molecule has 1 aliphatic heterocycles. The molecule has 2 rings (SSSR count). The average molecular weight is 508 g/mol. The van der Waals surface area contributed by atoms with Crippen molar-refractivity contribution in [3.8, 4) is 0 Å². The van der Waals surface area contributed by atoms with Crippen LogP contribution in [0.3, 0.4) is 0 Å². The molecule has 0 radical (unpaired) electrons. The van der Waals surface area contributed by atoms with Gasteiger partial charge in [0.2, 0.25) is 0 Å². The van der Waals surface area contributed by atoms with E-state index in [1.807, 2.05) is 6.33 Å². The van der Waals surface area contributed by atoms with Crippen molar-refractivity contribution >= 4 is 11.9 Å². The van der Waals surface area contributed by atoms with Gasteiger partial charge in [-0.2, -0.15) is 26.3 Å². The summed E-state index contributed by atoms with van der Waals surface area (Å²) in [5.74, 6) is -5.51. The highest BCUT2D eigenvalue weighted by atomic mass is 19.4. The van der Waals surface area contributed by atoms with Crippen LogP contribution < -0.4 is 0 Å². The Morgan fingerprint density at radius 3 is 2.03 bits per heavy atom. The zero-order valence-electron chi connectivity index (χ0n) is 19.3. The number of aliphatic carboxylic acids is 2. The van der Waals surface area contributed by atoms with E-state index < -0.39 is 24.3 Å². The molecule has 0 amide bonds. The zero-order chi connectivity index (χ0) is 26.7. The van der Waals surface area contributed by atoms with Crippen molar-refractivity contribution < 1.29 is 50.9 Å².